The van der Waals surface area contributed by atoms with Gasteiger partial charge in [-0.1, -0.05) is 67.6 Å². The number of nitrogens with zero attached hydrogens (tertiary/aromatic N) is 5. The average molecular weight is 488 g/mol. The Bertz CT molecular complexity index is 1290. The molecule has 180 valence electrons. The van der Waals surface area contributed by atoms with E-state index in [1.165, 1.54) is 11.3 Å². The predicted molar refractivity (Wildman–Crippen MR) is 142 cm³/mol. The molecule has 0 saturated carbocycles. The normalized spacial score (nSPS) is 11.1. The smallest absolute Gasteiger partial charge is 0.274 e. The van der Waals surface area contributed by atoms with E-state index in [0.717, 1.165) is 27.7 Å². The summed E-state index contributed by atoms with van der Waals surface area (Å²) in [6.07, 6.45) is 0. The topological polar surface area (TPSA) is 95.9 Å². The zero-order valence-corrected chi connectivity index (χ0v) is 21.1. The van der Waals surface area contributed by atoms with Gasteiger partial charge in [0.25, 0.3) is 5.91 Å². The zero-order chi connectivity index (χ0) is 24.8. The van der Waals surface area contributed by atoms with Crippen LogP contribution in [0.3, 0.4) is 0 Å². The number of hydrogen-bond acceptors (Lipinski definition) is 8. The Hall–Kier alpha value is -3.69. The van der Waals surface area contributed by atoms with Crippen LogP contribution in [0.5, 0.6) is 0 Å². The van der Waals surface area contributed by atoms with Crippen LogP contribution in [-0.4, -0.2) is 58.2 Å². The van der Waals surface area contributed by atoms with E-state index in [-0.39, 0.29) is 11.6 Å². The summed E-state index contributed by atoms with van der Waals surface area (Å²) in [6.45, 7) is 5.69. The summed E-state index contributed by atoms with van der Waals surface area (Å²) in [4.78, 5) is 24.6. The molecule has 2 N–H and O–H groups in total. The van der Waals surface area contributed by atoms with Gasteiger partial charge in [-0.3, -0.25) is 4.79 Å². The molecule has 2 aromatic carbocycles. The van der Waals surface area contributed by atoms with Gasteiger partial charge in [-0.25, -0.2) is 9.97 Å². The zero-order valence-electron chi connectivity index (χ0n) is 20.3. The number of rotatable bonds is 9. The standard InChI is InChI=1S/C26H29N7OS/c1-17(2)25-31-32-26(35-25)19-12-8-9-13-20(19)29-24(34)21-16-22(27-14-15-33(3)4)30-23(28-21)18-10-6-5-7-11-18/h5-13,16-17H,14-15H2,1-4H3,(H,29,34)(H,27,28,30). The van der Waals surface area contributed by atoms with Crippen molar-refractivity contribution in [3.05, 3.63) is 71.4 Å². The molecule has 2 heterocycles. The highest BCUT2D eigenvalue weighted by molar-refractivity contribution is 7.14. The van der Waals surface area contributed by atoms with Gasteiger partial charge in [0.2, 0.25) is 0 Å². The molecule has 1 amide bonds. The number of aromatic nitrogens is 4. The molecule has 9 heteroatoms. The van der Waals surface area contributed by atoms with Crippen LogP contribution in [0, 0.1) is 0 Å². The maximum absolute atomic E-state index is 13.4. The number of nitrogens with one attached hydrogen (secondary N) is 2. The molecule has 35 heavy (non-hydrogen) atoms. The van der Waals surface area contributed by atoms with E-state index >= 15 is 0 Å². The van der Waals surface area contributed by atoms with Crippen LogP contribution in [0.1, 0.15) is 35.3 Å². The quantitative estimate of drug-likeness (QED) is 0.342. The number of anilines is 2. The van der Waals surface area contributed by atoms with Crippen molar-refractivity contribution in [3.63, 3.8) is 0 Å². The van der Waals surface area contributed by atoms with Gasteiger partial charge in [0.05, 0.1) is 5.69 Å². The SMILES string of the molecule is CC(C)c1nnc(-c2ccccc2NC(=O)c2cc(NCCN(C)C)nc(-c3ccccc3)n2)s1. The van der Waals surface area contributed by atoms with E-state index in [1.807, 2.05) is 68.7 Å². The molecule has 0 radical (unpaired) electrons. The van der Waals surface area contributed by atoms with Crippen LogP contribution >= 0.6 is 11.3 Å². The van der Waals surface area contributed by atoms with Crippen molar-refractivity contribution >= 4 is 28.7 Å². The molecule has 0 aliphatic rings. The lowest BCUT2D eigenvalue weighted by molar-refractivity contribution is 0.102. The summed E-state index contributed by atoms with van der Waals surface area (Å²) >= 11 is 1.53. The number of amides is 1. The molecule has 0 fully saturated rings. The maximum Gasteiger partial charge on any atom is 0.274 e. The third-order valence-electron chi connectivity index (χ3n) is 5.20. The minimum Gasteiger partial charge on any atom is -0.369 e. The molecule has 0 bridgehead atoms. The first-order chi connectivity index (χ1) is 16.9. The monoisotopic (exact) mass is 487 g/mol. The van der Waals surface area contributed by atoms with E-state index < -0.39 is 0 Å². The fraction of sp³-hybridized carbons (Fsp3) is 0.269. The Balaban J connectivity index is 1.64. The van der Waals surface area contributed by atoms with Gasteiger partial charge in [0, 0.05) is 36.2 Å². The van der Waals surface area contributed by atoms with Gasteiger partial charge in [-0.2, -0.15) is 0 Å². The molecule has 2 aromatic heterocycles. The van der Waals surface area contributed by atoms with Crippen molar-refractivity contribution in [3.8, 4) is 22.0 Å². The van der Waals surface area contributed by atoms with Crippen LogP contribution < -0.4 is 10.6 Å². The van der Waals surface area contributed by atoms with Crippen molar-refractivity contribution in [1.29, 1.82) is 0 Å². The van der Waals surface area contributed by atoms with E-state index in [4.69, 9.17) is 0 Å². The Morgan fingerprint density at radius 2 is 1.74 bits per heavy atom. The van der Waals surface area contributed by atoms with Crippen molar-refractivity contribution < 1.29 is 4.79 Å². The number of para-hydroxylation sites is 1. The highest BCUT2D eigenvalue weighted by atomic mass is 32.1. The number of benzene rings is 2. The first kappa shape index (κ1) is 24.4. The number of carbonyl (C=O) groups excluding carboxylic acids is 1. The molecule has 0 spiro atoms. The van der Waals surface area contributed by atoms with Gasteiger partial charge < -0.3 is 15.5 Å². The minimum absolute atomic E-state index is 0.279. The summed E-state index contributed by atoms with van der Waals surface area (Å²) in [7, 11) is 4.02. The van der Waals surface area contributed by atoms with Crippen LogP contribution in [-0.2, 0) is 0 Å². The maximum atomic E-state index is 13.4. The van der Waals surface area contributed by atoms with Gasteiger partial charge in [0.15, 0.2) is 5.82 Å². The Labute approximate surface area is 209 Å². The van der Waals surface area contributed by atoms with Gasteiger partial charge >= 0.3 is 0 Å². The van der Waals surface area contributed by atoms with Crippen molar-refractivity contribution in [2.24, 2.45) is 0 Å². The lowest BCUT2D eigenvalue weighted by Gasteiger charge is -2.13. The van der Waals surface area contributed by atoms with Gasteiger partial charge in [-0.15, -0.1) is 10.2 Å². The second-order valence-corrected chi connectivity index (χ2v) is 9.67. The second-order valence-electron chi connectivity index (χ2n) is 8.66. The molecule has 4 rings (SSSR count). The summed E-state index contributed by atoms with van der Waals surface area (Å²) in [5, 5.41) is 16.7. The number of carbonyl (C=O) groups is 1. The summed E-state index contributed by atoms with van der Waals surface area (Å²) in [6, 6.07) is 18.9. The fourth-order valence-corrected chi connectivity index (χ4v) is 4.20. The third-order valence-corrected chi connectivity index (χ3v) is 6.45. The first-order valence-corrected chi connectivity index (χ1v) is 12.3. The minimum atomic E-state index is -0.318. The van der Waals surface area contributed by atoms with Gasteiger partial charge in [0.1, 0.15) is 21.5 Å². The lowest BCUT2D eigenvalue weighted by Crippen LogP contribution is -2.22. The summed E-state index contributed by atoms with van der Waals surface area (Å²) < 4.78 is 0. The molecule has 8 nitrogen and oxygen atoms in total. The Morgan fingerprint density at radius 3 is 2.46 bits per heavy atom. The number of hydrogen-bond donors (Lipinski definition) is 2. The third kappa shape index (κ3) is 6.26. The molecule has 0 aliphatic heterocycles. The Morgan fingerprint density at radius 1 is 1.00 bits per heavy atom. The highest BCUT2D eigenvalue weighted by Gasteiger charge is 2.17. The average Bonchev–Trinajstić information content (AvgIpc) is 3.35. The fourth-order valence-electron chi connectivity index (χ4n) is 3.32. The summed E-state index contributed by atoms with van der Waals surface area (Å²) in [5.41, 5.74) is 2.60. The van der Waals surface area contributed by atoms with E-state index in [9.17, 15) is 4.79 Å². The van der Waals surface area contributed by atoms with Crippen LogP contribution in [0.25, 0.3) is 22.0 Å². The molecular weight excluding hydrogens is 458 g/mol. The molecule has 4 aromatic rings. The first-order valence-electron chi connectivity index (χ1n) is 11.5. The van der Waals surface area contributed by atoms with Crippen LogP contribution in [0.2, 0.25) is 0 Å². The van der Waals surface area contributed by atoms with Crippen molar-refractivity contribution in [1.82, 2.24) is 25.1 Å². The molecule has 0 aliphatic carbocycles. The largest absolute Gasteiger partial charge is 0.369 e. The van der Waals surface area contributed by atoms with Crippen molar-refractivity contribution in [2.75, 3.05) is 37.8 Å². The Kier molecular flexibility index (Phi) is 7.79. The number of likely N-dealkylation sites (N-methyl/N-ethyl adjacent to an activating group) is 1. The molecular formula is C26H29N7OS. The van der Waals surface area contributed by atoms with Crippen LogP contribution in [0.15, 0.2) is 60.7 Å². The highest BCUT2D eigenvalue weighted by Crippen LogP contribution is 2.32. The van der Waals surface area contributed by atoms with E-state index in [2.05, 4.69) is 49.5 Å². The van der Waals surface area contributed by atoms with Crippen molar-refractivity contribution in [2.45, 2.75) is 19.8 Å². The van der Waals surface area contributed by atoms with E-state index in [1.54, 1.807) is 6.07 Å². The molecule has 0 saturated heterocycles. The summed E-state index contributed by atoms with van der Waals surface area (Å²) in [5.74, 6) is 1.06. The van der Waals surface area contributed by atoms with E-state index in [0.29, 0.717) is 29.8 Å². The molecule has 0 unspecified atom stereocenters. The van der Waals surface area contributed by atoms with Gasteiger partial charge in [-0.05, 0) is 26.2 Å². The van der Waals surface area contributed by atoms with Crippen LogP contribution in [0.4, 0.5) is 11.5 Å². The second kappa shape index (κ2) is 11.2. The predicted octanol–water partition coefficient (Wildman–Crippen LogP) is 5.01. The molecule has 0 atom stereocenters. The lowest BCUT2D eigenvalue weighted by atomic mass is 10.1.